The summed E-state index contributed by atoms with van der Waals surface area (Å²) >= 11 is 0. The second-order valence-electron chi connectivity index (χ2n) is 7.93. The number of fused-ring (bicyclic) bond motifs is 1. The molecular formula is C25H27NO6. The molecule has 4 rings (SSSR count). The number of piperidine rings is 1. The van der Waals surface area contributed by atoms with Crippen LogP contribution in [0.2, 0.25) is 0 Å². The average Bonchev–Trinajstić information content (AvgIpc) is 2.82. The van der Waals surface area contributed by atoms with Crippen LogP contribution in [0.4, 0.5) is 0 Å². The number of likely N-dealkylation sites (tertiary alicyclic amines) is 1. The van der Waals surface area contributed by atoms with E-state index in [4.69, 9.17) is 18.6 Å². The minimum Gasteiger partial charge on any atom is -0.493 e. The summed E-state index contributed by atoms with van der Waals surface area (Å²) in [6.45, 7) is 2.80. The lowest BCUT2D eigenvalue weighted by Crippen LogP contribution is -2.44. The molecule has 0 N–H and O–H groups in total. The van der Waals surface area contributed by atoms with Crippen molar-refractivity contribution in [3.05, 3.63) is 52.9 Å². The Kier molecular flexibility index (Phi) is 6.35. The van der Waals surface area contributed by atoms with Crippen LogP contribution in [0.5, 0.6) is 17.2 Å². The summed E-state index contributed by atoms with van der Waals surface area (Å²) < 4.78 is 22.0. The number of hydrogen-bond acceptors (Lipinski definition) is 6. The molecule has 32 heavy (non-hydrogen) atoms. The number of carbonyl (C=O) groups is 1. The molecule has 0 bridgehead atoms. The molecule has 0 spiro atoms. The molecule has 3 aromatic rings. The van der Waals surface area contributed by atoms with E-state index < -0.39 is 0 Å². The minimum absolute atomic E-state index is 0.0254. The molecular weight excluding hydrogens is 410 g/mol. The van der Waals surface area contributed by atoms with Gasteiger partial charge in [0.2, 0.25) is 0 Å². The fourth-order valence-corrected chi connectivity index (χ4v) is 4.10. The van der Waals surface area contributed by atoms with E-state index >= 15 is 0 Å². The minimum atomic E-state index is -0.164. The SMILES string of the molecule is COc1ccc(-c2coc3cc(OCC(=O)N4CCCC[C@@H]4C)ccc3c2=O)cc1OC. The Morgan fingerprint density at radius 3 is 2.66 bits per heavy atom. The summed E-state index contributed by atoms with van der Waals surface area (Å²) in [5.41, 5.74) is 1.32. The lowest BCUT2D eigenvalue weighted by atomic mass is 10.0. The Labute approximate surface area is 186 Å². The Hall–Kier alpha value is -3.48. The Bertz CT molecular complexity index is 1180. The Balaban J connectivity index is 1.55. The number of benzene rings is 2. The van der Waals surface area contributed by atoms with E-state index in [1.807, 2.05) is 4.90 Å². The van der Waals surface area contributed by atoms with E-state index in [-0.39, 0.29) is 24.0 Å². The highest BCUT2D eigenvalue weighted by molar-refractivity contribution is 5.83. The van der Waals surface area contributed by atoms with Crippen LogP contribution in [-0.4, -0.2) is 44.2 Å². The normalized spacial score (nSPS) is 16.1. The monoisotopic (exact) mass is 437 g/mol. The van der Waals surface area contributed by atoms with Crippen molar-refractivity contribution in [2.24, 2.45) is 0 Å². The molecule has 0 aliphatic carbocycles. The number of amides is 1. The zero-order valence-electron chi connectivity index (χ0n) is 18.6. The molecule has 0 saturated carbocycles. The number of methoxy groups -OCH3 is 2. The topological polar surface area (TPSA) is 78.2 Å². The van der Waals surface area contributed by atoms with Crippen LogP contribution in [0.1, 0.15) is 26.2 Å². The molecule has 1 aromatic heterocycles. The average molecular weight is 437 g/mol. The van der Waals surface area contributed by atoms with Gasteiger partial charge in [0.05, 0.1) is 25.2 Å². The van der Waals surface area contributed by atoms with Crippen molar-refractivity contribution in [2.75, 3.05) is 27.4 Å². The van der Waals surface area contributed by atoms with Gasteiger partial charge in [-0.2, -0.15) is 0 Å². The van der Waals surface area contributed by atoms with Crippen molar-refractivity contribution in [1.82, 2.24) is 4.90 Å². The van der Waals surface area contributed by atoms with E-state index in [1.54, 1.807) is 50.6 Å². The summed E-state index contributed by atoms with van der Waals surface area (Å²) in [4.78, 5) is 27.5. The predicted molar refractivity (Wildman–Crippen MR) is 122 cm³/mol. The summed E-state index contributed by atoms with van der Waals surface area (Å²) in [5.74, 6) is 1.57. The summed E-state index contributed by atoms with van der Waals surface area (Å²) in [6, 6.07) is 10.5. The molecule has 1 aliphatic rings. The molecule has 7 heteroatoms. The van der Waals surface area contributed by atoms with Gasteiger partial charge in [-0.15, -0.1) is 0 Å². The lowest BCUT2D eigenvalue weighted by molar-refractivity contribution is -0.136. The molecule has 2 aromatic carbocycles. The maximum Gasteiger partial charge on any atom is 0.260 e. The van der Waals surface area contributed by atoms with Gasteiger partial charge in [0.15, 0.2) is 23.5 Å². The van der Waals surface area contributed by atoms with Crippen LogP contribution >= 0.6 is 0 Å². The highest BCUT2D eigenvalue weighted by Crippen LogP contribution is 2.32. The van der Waals surface area contributed by atoms with Gasteiger partial charge in [-0.05, 0) is 56.0 Å². The number of carbonyl (C=O) groups excluding carboxylic acids is 1. The number of ether oxygens (including phenoxy) is 3. The molecule has 1 atom stereocenters. The first kappa shape index (κ1) is 21.7. The second-order valence-corrected chi connectivity index (χ2v) is 7.93. The van der Waals surface area contributed by atoms with Gasteiger partial charge in [0.25, 0.3) is 5.91 Å². The Morgan fingerprint density at radius 2 is 1.91 bits per heavy atom. The van der Waals surface area contributed by atoms with Gasteiger partial charge in [0.1, 0.15) is 17.6 Å². The number of hydrogen-bond donors (Lipinski definition) is 0. The number of rotatable bonds is 6. The van der Waals surface area contributed by atoms with Gasteiger partial charge in [-0.25, -0.2) is 0 Å². The third-order valence-electron chi connectivity index (χ3n) is 5.93. The van der Waals surface area contributed by atoms with Gasteiger partial charge < -0.3 is 23.5 Å². The van der Waals surface area contributed by atoms with Crippen molar-refractivity contribution in [1.29, 1.82) is 0 Å². The standard InChI is InChI=1S/C25H27NO6/c1-16-6-4-5-11-26(16)24(27)15-31-18-8-9-19-22(13-18)32-14-20(25(19)28)17-7-10-21(29-2)23(12-17)30-3/h7-10,12-14,16H,4-6,11,15H2,1-3H3/t16-/m0/s1. The lowest BCUT2D eigenvalue weighted by Gasteiger charge is -2.33. The molecule has 1 saturated heterocycles. The molecule has 168 valence electrons. The van der Waals surface area contributed by atoms with Crippen molar-refractivity contribution in [3.8, 4) is 28.4 Å². The van der Waals surface area contributed by atoms with E-state index in [0.29, 0.717) is 39.3 Å². The zero-order valence-corrected chi connectivity index (χ0v) is 18.6. The van der Waals surface area contributed by atoms with Crippen molar-refractivity contribution < 1.29 is 23.4 Å². The molecule has 1 fully saturated rings. The second kappa shape index (κ2) is 9.34. The maximum absolute atomic E-state index is 13.1. The van der Waals surface area contributed by atoms with Crippen LogP contribution in [0, 0.1) is 0 Å². The summed E-state index contributed by atoms with van der Waals surface area (Å²) in [5, 5.41) is 0.431. The van der Waals surface area contributed by atoms with E-state index in [9.17, 15) is 9.59 Å². The largest absolute Gasteiger partial charge is 0.493 e. The number of nitrogens with zero attached hydrogens (tertiary/aromatic N) is 1. The molecule has 0 radical (unpaired) electrons. The molecule has 2 heterocycles. The maximum atomic E-state index is 13.1. The third-order valence-corrected chi connectivity index (χ3v) is 5.93. The van der Waals surface area contributed by atoms with Crippen molar-refractivity contribution >= 4 is 16.9 Å². The van der Waals surface area contributed by atoms with Gasteiger partial charge >= 0.3 is 0 Å². The first-order valence-corrected chi connectivity index (χ1v) is 10.7. The summed E-state index contributed by atoms with van der Waals surface area (Å²) in [7, 11) is 3.10. The van der Waals surface area contributed by atoms with Crippen molar-refractivity contribution in [2.45, 2.75) is 32.2 Å². The fraction of sp³-hybridized carbons (Fsp3) is 0.360. The van der Waals surface area contributed by atoms with E-state index in [1.165, 1.54) is 6.26 Å². The summed E-state index contributed by atoms with van der Waals surface area (Å²) in [6.07, 6.45) is 4.63. The third kappa shape index (κ3) is 4.28. The van der Waals surface area contributed by atoms with Gasteiger partial charge in [-0.1, -0.05) is 6.07 Å². The van der Waals surface area contributed by atoms with Gasteiger partial charge in [-0.3, -0.25) is 9.59 Å². The van der Waals surface area contributed by atoms with E-state index in [2.05, 4.69) is 6.92 Å². The smallest absolute Gasteiger partial charge is 0.260 e. The van der Waals surface area contributed by atoms with Crippen LogP contribution in [0.15, 0.2) is 51.9 Å². The molecule has 1 aliphatic heterocycles. The van der Waals surface area contributed by atoms with Gasteiger partial charge in [0, 0.05) is 18.7 Å². The first-order valence-electron chi connectivity index (χ1n) is 10.7. The Morgan fingerprint density at radius 1 is 1.09 bits per heavy atom. The van der Waals surface area contributed by atoms with Crippen molar-refractivity contribution in [3.63, 3.8) is 0 Å². The van der Waals surface area contributed by atoms with Crippen LogP contribution in [0.3, 0.4) is 0 Å². The predicted octanol–water partition coefficient (Wildman–Crippen LogP) is 4.26. The van der Waals surface area contributed by atoms with Crippen LogP contribution < -0.4 is 19.6 Å². The molecule has 7 nitrogen and oxygen atoms in total. The molecule has 1 amide bonds. The van der Waals surface area contributed by atoms with Crippen LogP contribution in [0.25, 0.3) is 22.1 Å². The molecule has 0 unspecified atom stereocenters. The quantitative estimate of drug-likeness (QED) is 0.574. The first-order chi connectivity index (χ1) is 15.5. The van der Waals surface area contributed by atoms with Crippen LogP contribution in [-0.2, 0) is 4.79 Å². The van der Waals surface area contributed by atoms with E-state index in [0.717, 1.165) is 25.8 Å². The fourth-order valence-electron chi connectivity index (χ4n) is 4.10. The highest BCUT2D eigenvalue weighted by atomic mass is 16.5. The zero-order chi connectivity index (χ0) is 22.7. The highest BCUT2D eigenvalue weighted by Gasteiger charge is 2.23.